The molecule has 0 aliphatic rings. The summed E-state index contributed by atoms with van der Waals surface area (Å²) in [4.78, 5) is 5.43. The average Bonchev–Trinajstić information content (AvgIpc) is 2.78. The molecule has 1 N–H and O–H groups in total. The van der Waals surface area contributed by atoms with Gasteiger partial charge in [-0.25, -0.2) is 4.98 Å². The van der Waals surface area contributed by atoms with Crippen LogP contribution >= 0.6 is 11.3 Å². The van der Waals surface area contributed by atoms with Gasteiger partial charge in [0, 0.05) is 20.4 Å². The number of nitrogens with one attached hydrogen (secondary N) is 1. The Morgan fingerprint density at radius 1 is 1.44 bits per heavy atom. The molecule has 0 fully saturated rings. The first-order chi connectivity index (χ1) is 7.83. The summed E-state index contributed by atoms with van der Waals surface area (Å²) in [5, 5.41) is 3.98. The van der Waals surface area contributed by atoms with Crippen molar-refractivity contribution in [2.75, 3.05) is 19.5 Å². The van der Waals surface area contributed by atoms with Crippen LogP contribution < -0.4 is 5.32 Å². The molecule has 0 bridgehead atoms. The van der Waals surface area contributed by atoms with Gasteiger partial charge in [-0.05, 0) is 17.2 Å². The average molecular weight is 234 g/mol. The van der Waals surface area contributed by atoms with Crippen molar-refractivity contribution in [3.05, 3.63) is 36.0 Å². The molecule has 3 nitrogen and oxygen atoms in total. The van der Waals surface area contributed by atoms with Crippen molar-refractivity contribution in [1.82, 2.24) is 4.98 Å². The molecule has 1 aromatic heterocycles. The fourth-order valence-electron chi connectivity index (χ4n) is 1.50. The Kier molecular flexibility index (Phi) is 3.54. The number of thiazole rings is 1. The predicted octanol–water partition coefficient (Wildman–Crippen LogP) is 3.00. The van der Waals surface area contributed by atoms with Gasteiger partial charge in [0.05, 0.1) is 11.5 Å². The maximum atomic E-state index is 5.12. The molecule has 0 radical (unpaired) electrons. The van der Waals surface area contributed by atoms with Crippen LogP contribution in [0, 0.1) is 0 Å². The first kappa shape index (κ1) is 11.1. The second kappa shape index (κ2) is 5.09. The van der Waals surface area contributed by atoms with Gasteiger partial charge < -0.3 is 10.1 Å². The van der Waals surface area contributed by atoms with Crippen LogP contribution in [0.1, 0.15) is 5.56 Å². The largest absolute Gasteiger partial charge is 0.380 e. The molecule has 84 valence electrons. The first-order valence-corrected chi connectivity index (χ1v) is 5.87. The highest BCUT2D eigenvalue weighted by Gasteiger charge is 2.03. The summed E-state index contributed by atoms with van der Waals surface area (Å²) >= 11 is 1.65. The molecule has 0 atom stereocenters. The lowest BCUT2D eigenvalue weighted by Gasteiger charge is -2.01. The van der Waals surface area contributed by atoms with Crippen molar-refractivity contribution < 1.29 is 4.74 Å². The van der Waals surface area contributed by atoms with Crippen molar-refractivity contribution in [3.8, 4) is 10.4 Å². The first-order valence-electron chi connectivity index (χ1n) is 5.05. The molecule has 16 heavy (non-hydrogen) atoms. The Hall–Kier alpha value is -1.39. The van der Waals surface area contributed by atoms with E-state index in [1.54, 1.807) is 18.4 Å². The van der Waals surface area contributed by atoms with Crippen LogP contribution in [-0.4, -0.2) is 19.1 Å². The van der Waals surface area contributed by atoms with Crippen LogP contribution in [0.4, 0.5) is 5.13 Å². The Balaban J connectivity index is 2.28. The molecule has 0 amide bonds. The quantitative estimate of drug-likeness (QED) is 0.883. The van der Waals surface area contributed by atoms with E-state index in [1.807, 2.05) is 19.3 Å². The molecule has 2 rings (SSSR count). The van der Waals surface area contributed by atoms with Crippen LogP contribution in [0.3, 0.4) is 0 Å². The zero-order valence-electron chi connectivity index (χ0n) is 9.36. The SMILES string of the molecule is CNc1ncc(-c2cccc(COC)c2)s1. The number of benzene rings is 1. The maximum Gasteiger partial charge on any atom is 0.182 e. The summed E-state index contributed by atoms with van der Waals surface area (Å²) in [5.41, 5.74) is 2.37. The summed E-state index contributed by atoms with van der Waals surface area (Å²) in [7, 11) is 3.59. The number of anilines is 1. The zero-order chi connectivity index (χ0) is 11.4. The van der Waals surface area contributed by atoms with Crippen LogP contribution in [0.5, 0.6) is 0 Å². The summed E-state index contributed by atoms with van der Waals surface area (Å²) in [5.74, 6) is 0. The fourth-order valence-corrected chi connectivity index (χ4v) is 2.27. The number of rotatable bonds is 4. The smallest absolute Gasteiger partial charge is 0.182 e. The highest BCUT2D eigenvalue weighted by molar-refractivity contribution is 7.18. The van der Waals surface area contributed by atoms with Crippen molar-refractivity contribution in [2.24, 2.45) is 0 Å². The van der Waals surface area contributed by atoms with E-state index in [0.717, 1.165) is 5.13 Å². The minimum absolute atomic E-state index is 0.644. The van der Waals surface area contributed by atoms with E-state index in [4.69, 9.17) is 4.74 Å². The molecule has 0 aliphatic heterocycles. The standard InChI is InChI=1S/C12H14N2OS/c1-13-12-14-7-11(16-12)10-5-3-4-9(6-10)8-15-2/h3-7H,8H2,1-2H3,(H,13,14). The Morgan fingerprint density at radius 3 is 3.00 bits per heavy atom. The Bertz CT molecular complexity index is 468. The van der Waals surface area contributed by atoms with Crippen molar-refractivity contribution in [3.63, 3.8) is 0 Å². The van der Waals surface area contributed by atoms with Gasteiger partial charge in [-0.2, -0.15) is 0 Å². The minimum Gasteiger partial charge on any atom is -0.380 e. The summed E-state index contributed by atoms with van der Waals surface area (Å²) in [6.07, 6.45) is 1.89. The lowest BCUT2D eigenvalue weighted by Crippen LogP contribution is -1.86. The second-order valence-electron chi connectivity index (χ2n) is 3.41. The number of hydrogen-bond acceptors (Lipinski definition) is 4. The number of nitrogens with zero attached hydrogens (tertiary/aromatic N) is 1. The Morgan fingerprint density at radius 2 is 2.31 bits per heavy atom. The van der Waals surface area contributed by atoms with E-state index >= 15 is 0 Å². The van der Waals surface area contributed by atoms with E-state index in [1.165, 1.54) is 16.0 Å². The van der Waals surface area contributed by atoms with E-state index < -0.39 is 0 Å². The van der Waals surface area contributed by atoms with Gasteiger partial charge in [0.15, 0.2) is 5.13 Å². The highest BCUT2D eigenvalue weighted by Crippen LogP contribution is 2.29. The van der Waals surface area contributed by atoms with Crippen molar-refractivity contribution >= 4 is 16.5 Å². The monoisotopic (exact) mass is 234 g/mol. The van der Waals surface area contributed by atoms with Gasteiger partial charge in [0.25, 0.3) is 0 Å². The summed E-state index contributed by atoms with van der Waals surface area (Å²) in [6.45, 7) is 0.644. The van der Waals surface area contributed by atoms with Gasteiger partial charge >= 0.3 is 0 Å². The molecule has 1 heterocycles. The van der Waals surface area contributed by atoms with E-state index in [-0.39, 0.29) is 0 Å². The van der Waals surface area contributed by atoms with Crippen LogP contribution in [0.2, 0.25) is 0 Å². The number of ether oxygens (including phenoxy) is 1. The number of aromatic nitrogens is 1. The molecular weight excluding hydrogens is 220 g/mol. The molecule has 0 saturated heterocycles. The molecule has 4 heteroatoms. The molecule has 2 aromatic rings. The van der Waals surface area contributed by atoms with Gasteiger partial charge in [-0.15, -0.1) is 0 Å². The molecule has 0 aliphatic carbocycles. The van der Waals surface area contributed by atoms with Crippen molar-refractivity contribution in [2.45, 2.75) is 6.61 Å². The lowest BCUT2D eigenvalue weighted by molar-refractivity contribution is 0.185. The van der Waals surface area contributed by atoms with Gasteiger partial charge in [-0.3, -0.25) is 0 Å². The lowest BCUT2D eigenvalue weighted by atomic mass is 10.1. The molecular formula is C12H14N2OS. The number of hydrogen-bond donors (Lipinski definition) is 1. The Labute approximate surface area is 99.1 Å². The third-order valence-corrected chi connectivity index (χ3v) is 3.31. The van der Waals surface area contributed by atoms with E-state index in [2.05, 4.69) is 28.5 Å². The fraction of sp³-hybridized carbons (Fsp3) is 0.250. The maximum absolute atomic E-state index is 5.12. The second-order valence-corrected chi connectivity index (χ2v) is 4.44. The highest BCUT2D eigenvalue weighted by atomic mass is 32.1. The van der Waals surface area contributed by atoms with E-state index in [0.29, 0.717) is 6.61 Å². The minimum atomic E-state index is 0.644. The van der Waals surface area contributed by atoms with Crippen LogP contribution in [0.15, 0.2) is 30.5 Å². The third-order valence-electron chi connectivity index (χ3n) is 2.24. The normalized spacial score (nSPS) is 10.4. The zero-order valence-corrected chi connectivity index (χ0v) is 10.2. The van der Waals surface area contributed by atoms with Crippen LogP contribution in [0.25, 0.3) is 10.4 Å². The summed E-state index contributed by atoms with van der Waals surface area (Å²) < 4.78 is 5.12. The molecule has 0 unspecified atom stereocenters. The summed E-state index contributed by atoms with van der Waals surface area (Å²) in [6, 6.07) is 8.33. The molecule has 0 saturated carbocycles. The number of methoxy groups -OCH3 is 1. The molecule has 1 aromatic carbocycles. The van der Waals surface area contributed by atoms with E-state index in [9.17, 15) is 0 Å². The van der Waals surface area contributed by atoms with Crippen molar-refractivity contribution in [1.29, 1.82) is 0 Å². The topological polar surface area (TPSA) is 34.2 Å². The van der Waals surface area contributed by atoms with Gasteiger partial charge in [0.2, 0.25) is 0 Å². The predicted molar refractivity (Wildman–Crippen MR) is 67.8 cm³/mol. The van der Waals surface area contributed by atoms with Gasteiger partial charge in [0.1, 0.15) is 0 Å². The van der Waals surface area contributed by atoms with Crippen LogP contribution in [-0.2, 0) is 11.3 Å². The van der Waals surface area contributed by atoms with Gasteiger partial charge in [-0.1, -0.05) is 29.5 Å². The molecule has 0 spiro atoms. The third kappa shape index (κ3) is 2.40.